The van der Waals surface area contributed by atoms with Crippen LogP contribution in [-0.4, -0.2) is 80.0 Å². The van der Waals surface area contributed by atoms with Gasteiger partial charge in [-0.2, -0.15) is 0 Å². The summed E-state index contributed by atoms with van der Waals surface area (Å²) in [6.45, 7) is 3.43. The molecule has 4 aromatic rings. The van der Waals surface area contributed by atoms with Crippen molar-refractivity contribution in [1.82, 2.24) is 15.1 Å². The Morgan fingerprint density at radius 2 is 1.62 bits per heavy atom. The first-order valence-electron chi connectivity index (χ1n) is 16.9. The number of fused-ring (bicyclic) bond motifs is 3. The van der Waals surface area contributed by atoms with Crippen LogP contribution in [0.2, 0.25) is 0 Å². The lowest BCUT2D eigenvalue weighted by Gasteiger charge is -2.43. The van der Waals surface area contributed by atoms with Crippen LogP contribution in [-0.2, 0) is 16.1 Å². The molecule has 0 saturated carbocycles. The number of likely N-dealkylation sites (N-methyl/N-ethyl adjacent to an activating group) is 1. The fraction of sp³-hybridized carbons (Fsp3) is 0.300. The highest BCUT2D eigenvalue weighted by Gasteiger charge is 2.37. The topological polar surface area (TPSA) is 114 Å². The Morgan fingerprint density at radius 3 is 2.34 bits per heavy atom. The van der Waals surface area contributed by atoms with Crippen LogP contribution in [0, 0.1) is 5.92 Å². The number of piperidine rings is 3. The molecule has 258 valence electrons. The van der Waals surface area contributed by atoms with Gasteiger partial charge < -0.3 is 24.4 Å². The Kier molecular flexibility index (Phi) is 11.2. The number of benzene rings is 4. The number of hydrogen-bond acceptors (Lipinski definition) is 8. The second-order valence-corrected chi connectivity index (χ2v) is 12.7. The van der Waals surface area contributed by atoms with Crippen LogP contribution >= 0.6 is 0 Å². The van der Waals surface area contributed by atoms with Crippen LogP contribution in [0.1, 0.15) is 66.6 Å². The van der Waals surface area contributed by atoms with Gasteiger partial charge in [-0.1, -0.05) is 66.7 Å². The van der Waals surface area contributed by atoms with Gasteiger partial charge in [0.25, 0.3) is 5.91 Å². The number of amides is 2. The summed E-state index contributed by atoms with van der Waals surface area (Å²) < 4.78 is 17.5. The van der Waals surface area contributed by atoms with Gasteiger partial charge in [0.2, 0.25) is 0 Å². The molecule has 50 heavy (non-hydrogen) atoms. The van der Waals surface area contributed by atoms with Crippen molar-refractivity contribution in [2.24, 2.45) is 5.92 Å². The lowest BCUT2D eigenvalue weighted by atomic mass is 9.86. The number of carbonyl (C=O) groups is 4. The minimum absolute atomic E-state index is 0.0197. The molecule has 0 spiro atoms. The highest BCUT2D eigenvalue weighted by molar-refractivity contribution is 5.95. The zero-order chi connectivity index (χ0) is 34.9. The second-order valence-electron chi connectivity index (χ2n) is 12.7. The third kappa shape index (κ3) is 8.75. The smallest absolute Gasteiger partial charge is 0.408 e. The number of alkyl carbamates (subject to hydrolysis) is 1. The van der Waals surface area contributed by atoms with Gasteiger partial charge in [0.05, 0.1) is 18.2 Å². The monoisotopic (exact) mass is 675 g/mol. The molecule has 10 nitrogen and oxygen atoms in total. The van der Waals surface area contributed by atoms with E-state index in [1.807, 2.05) is 54.6 Å². The molecule has 10 heteroatoms. The fourth-order valence-corrected chi connectivity index (χ4v) is 6.45. The predicted octanol–water partition coefficient (Wildman–Crippen LogP) is 5.92. The van der Waals surface area contributed by atoms with Gasteiger partial charge in [-0.25, -0.2) is 9.59 Å². The Balaban J connectivity index is 1.01. The molecule has 3 saturated heterocycles. The minimum atomic E-state index is -0.500. The van der Waals surface area contributed by atoms with Gasteiger partial charge in [-0.3, -0.25) is 14.5 Å². The third-order valence-electron chi connectivity index (χ3n) is 9.31. The third-order valence-corrected chi connectivity index (χ3v) is 9.31. The van der Waals surface area contributed by atoms with E-state index in [4.69, 9.17) is 14.2 Å². The number of carbonyl (C=O) groups excluding carboxylic acids is 4. The maximum atomic E-state index is 13.2. The van der Waals surface area contributed by atoms with E-state index in [2.05, 4.69) is 10.2 Å². The molecule has 3 fully saturated rings. The molecule has 2 bridgehead atoms. The van der Waals surface area contributed by atoms with Gasteiger partial charge in [-0.15, -0.1) is 0 Å². The summed E-state index contributed by atoms with van der Waals surface area (Å²) >= 11 is 0. The Bertz CT molecular complexity index is 1790. The predicted molar refractivity (Wildman–Crippen MR) is 187 cm³/mol. The largest absolute Gasteiger partial charge is 0.489 e. The molecule has 0 aliphatic carbocycles. The molecule has 4 aromatic carbocycles. The summed E-state index contributed by atoms with van der Waals surface area (Å²) in [6.07, 6.45) is 2.30. The standard InChI is InChI=1S/C40H41N3O7/c1-42(38(45)34-11-5-7-29(23-34)26-44)21-22-48-39(46)32-15-13-28(14-16-32)27-49-35-12-6-10-33(24-35)37(31-8-3-2-4-9-31)41-40(47)50-36-25-43-19-17-30(36)18-20-43/h2-16,23-24,26,30,36-37H,17-22,25,27H2,1H3,(H,41,47). The summed E-state index contributed by atoms with van der Waals surface area (Å²) in [6, 6.07) is 30.4. The Labute approximate surface area is 291 Å². The average Bonchev–Trinajstić information content (AvgIpc) is 3.17. The zero-order valence-electron chi connectivity index (χ0n) is 28.0. The van der Waals surface area contributed by atoms with Gasteiger partial charge in [0, 0.05) is 24.7 Å². The first-order chi connectivity index (χ1) is 24.4. The van der Waals surface area contributed by atoms with E-state index < -0.39 is 18.1 Å². The summed E-state index contributed by atoms with van der Waals surface area (Å²) in [5.74, 6) is 0.284. The maximum Gasteiger partial charge on any atom is 0.408 e. The molecular formula is C40H41N3O7. The first-order valence-corrected chi connectivity index (χ1v) is 16.9. The van der Waals surface area contributed by atoms with E-state index in [0.717, 1.165) is 49.2 Å². The molecule has 3 heterocycles. The summed E-state index contributed by atoms with van der Waals surface area (Å²) in [5, 5.41) is 3.10. The van der Waals surface area contributed by atoms with E-state index in [-0.39, 0.29) is 31.8 Å². The van der Waals surface area contributed by atoms with Crippen molar-refractivity contribution >= 4 is 24.3 Å². The van der Waals surface area contributed by atoms with Crippen LogP contribution in [0.4, 0.5) is 4.79 Å². The molecule has 2 atom stereocenters. The Morgan fingerprint density at radius 1 is 0.880 bits per heavy atom. The molecule has 1 N–H and O–H groups in total. The van der Waals surface area contributed by atoms with E-state index in [0.29, 0.717) is 34.6 Å². The Hall–Kier alpha value is -5.48. The second kappa shape index (κ2) is 16.3. The van der Waals surface area contributed by atoms with Crippen molar-refractivity contribution < 1.29 is 33.4 Å². The molecule has 2 unspecified atom stereocenters. The summed E-state index contributed by atoms with van der Waals surface area (Å²) in [7, 11) is 1.61. The number of nitrogens with one attached hydrogen (secondary N) is 1. The van der Waals surface area contributed by atoms with Crippen molar-refractivity contribution in [2.75, 3.05) is 39.8 Å². The number of esters is 1. The van der Waals surface area contributed by atoms with Crippen LogP contribution in [0.25, 0.3) is 0 Å². The van der Waals surface area contributed by atoms with Gasteiger partial charge >= 0.3 is 12.1 Å². The molecule has 7 rings (SSSR count). The molecule has 2 amide bonds. The number of aldehydes is 1. The SMILES string of the molecule is CN(CCOC(=O)c1ccc(COc2cccc(C(NC(=O)OC3CN4CCC3CC4)c3ccccc3)c2)cc1)C(=O)c1cccc(C=O)c1. The molecule has 0 radical (unpaired) electrons. The van der Waals surface area contributed by atoms with Crippen molar-refractivity contribution in [3.05, 3.63) is 137 Å². The molecule has 3 aliphatic rings. The maximum absolute atomic E-state index is 13.2. The lowest BCUT2D eigenvalue weighted by molar-refractivity contribution is -0.0336. The van der Waals surface area contributed by atoms with Crippen LogP contribution in [0.3, 0.4) is 0 Å². The normalized spacial score (nSPS) is 18.4. The van der Waals surface area contributed by atoms with E-state index in [1.165, 1.54) is 11.0 Å². The summed E-state index contributed by atoms with van der Waals surface area (Å²) in [4.78, 5) is 53.3. The number of nitrogens with zero attached hydrogens (tertiary/aromatic N) is 2. The summed E-state index contributed by atoms with van der Waals surface area (Å²) in [5.41, 5.74) is 3.83. The van der Waals surface area contributed by atoms with Crippen molar-refractivity contribution in [1.29, 1.82) is 0 Å². The molecule has 3 aliphatic heterocycles. The number of ether oxygens (including phenoxy) is 3. The van der Waals surface area contributed by atoms with Crippen molar-refractivity contribution in [3.63, 3.8) is 0 Å². The van der Waals surface area contributed by atoms with E-state index >= 15 is 0 Å². The van der Waals surface area contributed by atoms with Crippen molar-refractivity contribution in [3.8, 4) is 5.75 Å². The molecular weight excluding hydrogens is 634 g/mol. The van der Waals surface area contributed by atoms with E-state index in [1.54, 1.807) is 49.5 Å². The molecule has 0 aromatic heterocycles. The highest BCUT2D eigenvalue weighted by Crippen LogP contribution is 2.31. The number of rotatable bonds is 13. The van der Waals surface area contributed by atoms with Gasteiger partial charge in [0.1, 0.15) is 31.4 Å². The van der Waals surface area contributed by atoms with E-state index in [9.17, 15) is 19.2 Å². The zero-order valence-corrected chi connectivity index (χ0v) is 28.0. The average molecular weight is 676 g/mol. The lowest BCUT2D eigenvalue weighted by Crippen LogP contribution is -2.52. The van der Waals surface area contributed by atoms with Gasteiger partial charge in [0.15, 0.2) is 0 Å². The van der Waals surface area contributed by atoms with Crippen LogP contribution < -0.4 is 10.1 Å². The minimum Gasteiger partial charge on any atom is -0.489 e. The number of hydrogen-bond donors (Lipinski definition) is 1. The first kappa shape index (κ1) is 34.4. The highest BCUT2D eigenvalue weighted by atomic mass is 16.6. The van der Waals surface area contributed by atoms with Gasteiger partial charge in [-0.05, 0) is 84.9 Å². The van der Waals surface area contributed by atoms with Crippen molar-refractivity contribution in [2.45, 2.75) is 31.6 Å². The van der Waals surface area contributed by atoms with Crippen LogP contribution in [0.5, 0.6) is 5.75 Å². The van der Waals surface area contributed by atoms with Crippen LogP contribution in [0.15, 0.2) is 103 Å². The quantitative estimate of drug-likeness (QED) is 0.137. The fourth-order valence-electron chi connectivity index (χ4n) is 6.45.